The highest BCUT2D eigenvalue weighted by Gasteiger charge is 2.15. The summed E-state index contributed by atoms with van der Waals surface area (Å²) in [5.74, 6) is -0.598. The van der Waals surface area contributed by atoms with Crippen LogP contribution in [-0.2, 0) is 4.79 Å². The van der Waals surface area contributed by atoms with Gasteiger partial charge < -0.3 is 19.8 Å². The number of hydrogen-bond acceptors (Lipinski definition) is 6. The van der Waals surface area contributed by atoms with Crippen LogP contribution in [0.5, 0.6) is 11.5 Å². The molecule has 3 aromatic carbocycles. The second-order valence-electron chi connectivity index (χ2n) is 7.21. The summed E-state index contributed by atoms with van der Waals surface area (Å²) in [7, 11) is 1.42. The summed E-state index contributed by atoms with van der Waals surface area (Å²) >= 11 is 3.36. The van der Waals surface area contributed by atoms with Crippen molar-refractivity contribution in [3.05, 3.63) is 97.4 Å². The molecule has 35 heavy (non-hydrogen) atoms. The van der Waals surface area contributed by atoms with Gasteiger partial charge in [-0.25, -0.2) is 9.18 Å². The molecule has 4 aromatic rings. The number of nitrogens with zero attached hydrogens (tertiary/aromatic N) is 2. The number of rotatable bonds is 7. The van der Waals surface area contributed by atoms with Crippen molar-refractivity contribution in [2.75, 3.05) is 19.0 Å². The number of methoxy groups -OCH3 is 1. The lowest BCUT2D eigenvalue weighted by Crippen LogP contribution is -2.32. The highest BCUT2D eigenvalue weighted by Crippen LogP contribution is 2.34. The van der Waals surface area contributed by atoms with E-state index in [-0.39, 0.29) is 17.2 Å². The van der Waals surface area contributed by atoms with Crippen molar-refractivity contribution in [2.45, 2.75) is 0 Å². The number of fused-ring (bicyclic) bond motifs is 1. The van der Waals surface area contributed by atoms with Gasteiger partial charge in [0.25, 0.3) is 11.5 Å². The number of H-pyrrole nitrogens is 1. The van der Waals surface area contributed by atoms with Crippen molar-refractivity contribution in [1.82, 2.24) is 9.66 Å². The number of aromatic amines is 1. The second kappa shape index (κ2) is 10.3. The minimum absolute atomic E-state index is 0.152. The number of halogens is 2. The van der Waals surface area contributed by atoms with Crippen molar-refractivity contribution in [2.24, 2.45) is 5.10 Å². The van der Waals surface area contributed by atoms with Crippen LogP contribution >= 0.6 is 15.9 Å². The molecule has 178 valence electrons. The Balaban J connectivity index is 1.63. The van der Waals surface area contributed by atoms with Gasteiger partial charge in [0.15, 0.2) is 18.1 Å². The average Bonchev–Trinajstić information content (AvgIpc) is 2.82. The molecular weight excluding hydrogens is 523 g/mol. The number of carbonyl (C=O) groups is 1. The number of benzene rings is 3. The molecule has 0 bridgehead atoms. The Kier molecular flexibility index (Phi) is 7.06. The summed E-state index contributed by atoms with van der Waals surface area (Å²) in [6.07, 6.45) is 1.25. The molecule has 1 amide bonds. The normalized spacial score (nSPS) is 11.1. The molecule has 4 rings (SSSR count). The fourth-order valence-corrected chi connectivity index (χ4v) is 3.72. The molecular formula is C24H18BrFN4O5. The predicted octanol–water partition coefficient (Wildman–Crippen LogP) is 3.50. The summed E-state index contributed by atoms with van der Waals surface area (Å²) in [4.78, 5) is 40.1. The van der Waals surface area contributed by atoms with Gasteiger partial charge in [-0.15, -0.1) is 4.68 Å². The third kappa shape index (κ3) is 5.46. The third-order valence-corrected chi connectivity index (χ3v) is 5.28. The van der Waals surface area contributed by atoms with Gasteiger partial charge >= 0.3 is 5.69 Å². The van der Waals surface area contributed by atoms with Crippen LogP contribution in [0.2, 0.25) is 0 Å². The van der Waals surface area contributed by atoms with E-state index in [1.807, 2.05) is 0 Å². The van der Waals surface area contributed by atoms with Gasteiger partial charge in [0, 0.05) is 15.7 Å². The van der Waals surface area contributed by atoms with E-state index in [4.69, 9.17) is 9.47 Å². The molecule has 0 spiro atoms. The molecule has 0 unspecified atom stereocenters. The maximum atomic E-state index is 13.4. The van der Waals surface area contributed by atoms with Crippen molar-refractivity contribution < 1.29 is 18.7 Å². The second-order valence-corrected chi connectivity index (χ2v) is 8.13. The molecule has 0 fully saturated rings. The summed E-state index contributed by atoms with van der Waals surface area (Å²) < 4.78 is 25.7. The lowest BCUT2D eigenvalue weighted by molar-refractivity contribution is -0.118. The highest BCUT2D eigenvalue weighted by molar-refractivity contribution is 9.10. The predicted molar refractivity (Wildman–Crippen MR) is 133 cm³/mol. The van der Waals surface area contributed by atoms with Gasteiger partial charge in [0.2, 0.25) is 0 Å². The van der Waals surface area contributed by atoms with Gasteiger partial charge in [0.1, 0.15) is 5.82 Å². The quantitative estimate of drug-likeness (QED) is 0.348. The first-order valence-corrected chi connectivity index (χ1v) is 11.0. The molecule has 1 aromatic heterocycles. The van der Waals surface area contributed by atoms with Crippen LogP contribution in [0.25, 0.3) is 10.9 Å². The fourth-order valence-electron chi connectivity index (χ4n) is 3.27. The maximum Gasteiger partial charge on any atom is 0.349 e. The number of aromatic nitrogens is 2. The standard InChI is InChI=1S/C24H18BrFN4O5/c1-34-20-10-15(25)9-14(22(20)35-13-21(31)28-17-6-4-5-16(26)11-17)12-27-30-23(32)18-7-2-3-8-19(18)29-24(30)33/h2-12H,13H2,1H3,(H,28,31)(H,29,33). The molecule has 0 saturated heterocycles. The minimum Gasteiger partial charge on any atom is -0.493 e. The first kappa shape index (κ1) is 23.9. The van der Waals surface area contributed by atoms with Crippen molar-refractivity contribution in [3.63, 3.8) is 0 Å². The fraction of sp³-hybridized carbons (Fsp3) is 0.0833. The zero-order valence-corrected chi connectivity index (χ0v) is 19.8. The highest BCUT2D eigenvalue weighted by atomic mass is 79.9. The molecule has 0 aliphatic rings. The molecule has 0 atom stereocenters. The van der Waals surface area contributed by atoms with Gasteiger partial charge in [-0.05, 0) is 42.5 Å². The number of hydrogen-bond donors (Lipinski definition) is 2. The molecule has 0 saturated carbocycles. The molecule has 1 heterocycles. The van der Waals surface area contributed by atoms with Crippen molar-refractivity contribution >= 4 is 44.6 Å². The van der Waals surface area contributed by atoms with Crippen LogP contribution < -0.4 is 26.0 Å². The van der Waals surface area contributed by atoms with E-state index in [0.29, 0.717) is 25.6 Å². The molecule has 0 aliphatic heterocycles. The smallest absolute Gasteiger partial charge is 0.349 e. The number of carbonyl (C=O) groups excluding carboxylic acids is 1. The summed E-state index contributed by atoms with van der Waals surface area (Å²) in [6.45, 7) is -0.425. The SMILES string of the molecule is COc1cc(Br)cc(C=Nn2c(=O)[nH]c3ccccc3c2=O)c1OCC(=O)Nc1cccc(F)c1. The third-order valence-electron chi connectivity index (χ3n) is 4.82. The first-order chi connectivity index (χ1) is 16.9. The zero-order chi connectivity index (χ0) is 24.9. The van der Waals surface area contributed by atoms with Crippen LogP contribution in [0.15, 0.2) is 79.8 Å². The van der Waals surface area contributed by atoms with E-state index in [9.17, 15) is 18.8 Å². The lowest BCUT2D eigenvalue weighted by Gasteiger charge is -2.14. The number of ether oxygens (including phenoxy) is 2. The molecule has 11 heteroatoms. The molecule has 0 aliphatic carbocycles. The topological polar surface area (TPSA) is 115 Å². The van der Waals surface area contributed by atoms with Crippen LogP contribution in [0.4, 0.5) is 10.1 Å². The first-order valence-electron chi connectivity index (χ1n) is 10.2. The Morgan fingerprint density at radius 2 is 1.97 bits per heavy atom. The Bertz CT molecular complexity index is 1560. The summed E-state index contributed by atoms with van der Waals surface area (Å²) in [5, 5.41) is 6.87. The van der Waals surface area contributed by atoms with Gasteiger partial charge in [0.05, 0.1) is 24.2 Å². The van der Waals surface area contributed by atoms with Gasteiger partial charge in [-0.1, -0.05) is 34.1 Å². The minimum atomic E-state index is -0.719. The molecule has 2 N–H and O–H groups in total. The average molecular weight is 541 g/mol. The van der Waals surface area contributed by atoms with Crippen LogP contribution in [0, 0.1) is 5.82 Å². The Morgan fingerprint density at radius 3 is 2.74 bits per heavy atom. The largest absolute Gasteiger partial charge is 0.493 e. The van der Waals surface area contributed by atoms with Crippen LogP contribution in [0.3, 0.4) is 0 Å². The Labute approximate surface area is 205 Å². The molecule has 9 nitrogen and oxygen atoms in total. The summed E-state index contributed by atoms with van der Waals surface area (Å²) in [5.41, 5.74) is -0.318. The van der Waals surface area contributed by atoms with Crippen molar-refractivity contribution in [1.29, 1.82) is 0 Å². The molecule has 0 radical (unpaired) electrons. The van der Waals surface area contributed by atoms with E-state index in [2.05, 4.69) is 31.3 Å². The maximum absolute atomic E-state index is 13.4. The number of amides is 1. The Morgan fingerprint density at radius 1 is 1.17 bits per heavy atom. The van der Waals surface area contributed by atoms with Gasteiger partial charge in [-0.3, -0.25) is 9.59 Å². The Hall–Kier alpha value is -4.25. The van der Waals surface area contributed by atoms with Gasteiger partial charge in [-0.2, -0.15) is 5.10 Å². The van der Waals surface area contributed by atoms with Crippen LogP contribution in [0.1, 0.15) is 5.56 Å². The number of para-hydroxylation sites is 1. The van der Waals surface area contributed by atoms with E-state index >= 15 is 0 Å². The van der Waals surface area contributed by atoms with Crippen LogP contribution in [-0.4, -0.2) is 35.5 Å². The van der Waals surface area contributed by atoms with Crippen molar-refractivity contribution in [3.8, 4) is 11.5 Å². The van der Waals surface area contributed by atoms with E-state index in [1.54, 1.807) is 36.4 Å². The monoisotopic (exact) mass is 540 g/mol. The number of nitrogens with one attached hydrogen (secondary N) is 2. The van der Waals surface area contributed by atoms with E-state index < -0.39 is 29.6 Å². The summed E-state index contributed by atoms with van der Waals surface area (Å²) in [6, 6.07) is 15.2. The number of anilines is 1. The van der Waals surface area contributed by atoms with E-state index in [0.717, 1.165) is 0 Å². The lowest BCUT2D eigenvalue weighted by atomic mass is 10.2. The zero-order valence-electron chi connectivity index (χ0n) is 18.2. The van der Waals surface area contributed by atoms with E-state index in [1.165, 1.54) is 37.6 Å².